The summed E-state index contributed by atoms with van der Waals surface area (Å²) in [7, 11) is 0. The zero-order valence-electron chi connectivity index (χ0n) is 20.4. The van der Waals surface area contributed by atoms with E-state index in [1.165, 1.54) is 18.3 Å². The van der Waals surface area contributed by atoms with E-state index in [1.807, 2.05) is 25.7 Å². The van der Waals surface area contributed by atoms with Crippen LogP contribution in [0.4, 0.5) is 0 Å². The van der Waals surface area contributed by atoms with Crippen LogP contribution in [-0.4, -0.2) is 72.3 Å². The third-order valence-corrected chi connectivity index (χ3v) is 7.96. The van der Waals surface area contributed by atoms with Gasteiger partial charge in [0.1, 0.15) is 0 Å². The number of amides is 2. The number of fused-ring (bicyclic) bond motifs is 1. The Morgan fingerprint density at radius 2 is 1.91 bits per heavy atom. The summed E-state index contributed by atoms with van der Waals surface area (Å²) in [4.78, 5) is 32.1. The minimum absolute atomic E-state index is 0.0372. The molecule has 0 N–H and O–H groups in total. The third-order valence-electron chi connectivity index (χ3n) is 7.96. The molecule has 1 aromatic heterocycles. The predicted molar refractivity (Wildman–Crippen MR) is 125 cm³/mol. The van der Waals surface area contributed by atoms with E-state index in [1.54, 1.807) is 12.1 Å². The van der Waals surface area contributed by atoms with Crippen LogP contribution in [0.25, 0.3) is 0 Å². The fraction of sp³-hybridized carbons (Fsp3) is 0.692. The molecule has 2 fully saturated rings. The summed E-state index contributed by atoms with van der Waals surface area (Å²) >= 11 is 0. The Hall–Kier alpha value is -2.08. The van der Waals surface area contributed by atoms with Crippen molar-refractivity contribution in [3.8, 4) is 0 Å². The molecule has 2 amide bonds. The largest absolute Gasteiger partial charge is 0.459 e. The van der Waals surface area contributed by atoms with Gasteiger partial charge < -0.3 is 14.2 Å². The number of hydrogen-bond acceptors (Lipinski definition) is 4. The molecule has 0 radical (unpaired) electrons. The van der Waals surface area contributed by atoms with Gasteiger partial charge in [0.05, 0.1) is 6.26 Å². The zero-order valence-corrected chi connectivity index (χ0v) is 20.4. The molecule has 1 saturated carbocycles. The Balaban J connectivity index is 1.34. The van der Waals surface area contributed by atoms with Gasteiger partial charge in [-0.15, -0.1) is 0 Å². The van der Waals surface area contributed by atoms with Gasteiger partial charge in [0.25, 0.3) is 5.91 Å². The number of furan rings is 1. The van der Waals surface area contributed by atoms with Gasteiger partial charge in [0.2, 0.25) is 5.91 Å². The Morgan fingerprint density at radius 3 is 2.47 bits per heavy atom. The fourth-order valence-electron chi connectivity index (χ4n) is 5.60. The van der Waals surface area contributed by atoms with Crippen molar-refractivity contribution in [1.29, 1.82) is 0 Å². The summed E-state index contributed by atoms with van der Waals surface area (Å²) in [5, 5.41) is 0. The van der Waals surface area contributed by atoms with Gasteiger partial charge in [0.15, 0.2) is 5.76 Å². The van der Waals surface area contributed by atoms with Gasteiger partial charge in [-0.05, 0) is 42.2 Å². The van der Waals surface area contributed by atoms with Gasteiger partial charge in [0, 0.05) is 51.2 Å². The van der Waals surface area contributed by atoms with Gasteiger partial charge in [-0.3, -0.25) is 14.5 Å². The van der Waals surface area contributed by atoms with E-state index in [9.17, 15) is 9.59 Å². The number of carbonyl (C=O) groups is 2. The van der Waals surface area contributed by atoms with Gasteiger partial charge >= 0.3 is 0 Å². The van der Waals surface area contributed by atoms with Crippen molar-refractivity contribution in [3.05, 3.63) is 35.8 Å². The molecule has 6 heteroatoms. The van der Waals surface area contributed by atoms with E-state index in [4.69, 9.17) is 4.42 Å². The van der Waals surface area contributed by atoms with Gasteiger partial charge in [-0.25, -0.2) is 0 Å². The fourth-order valence-corrected chi connectivity index (χ4v) is 5.60. The van der Waals surface area contributed by atoms with Crippen LogP contribution >= 0.6 is 0 Å². The van der Waals surface area contributed by atoms with Crippen molar-refractivity contribution in [1.82, 2.24) is 14.7 Å². The summed E-state index contributed by atoms with van der Waals surface area (Å²) in [5.41, 5.74) is 1.45. The Bertz CT molecular complexity index is 857. The first-order valence-electron chi connectivity index (χ1n) is 12.1. The number of piperazine rings is 1. The van der Waals surface area contributed by atoms with Gasteiger partial charge in [-0.2, -0.15) is 0 Å². The topological polar surface area (TPSA) is 57.0 Å². The van der Waals surface area contributed by atoms with Crippen LogP contribution in [0.5, 0.6) is 0 Å². The highest BCUT2D eigenvalue weighted by atomic mass is 16.3. The second-order valence-corrected chi connectivity index (χ2v) is 11.4. The highest BCUT2D eigenvalue weighted by Gasteiger charge is 2.51. The monoisotopic (exact) mass is 441 g/mol. The van der Waals surface area contributed by atoms with Crippen molar-refractivity contribution in [3.63, 3.8) is 0 Å². The molecule has 2 bridgehead atoms. The summed E-state index contributed by atoms with van der Waals surface area (Å²) < 4.78 is 5.26. The minimum atomic E-state index is -0.388. The SMILES string of the molecule is CC(C)(C)C(=O)N(CCN1CCN(C(=O)c2ccco2)CC1)CC1=CCC2CC1C2(C)C. The first-order chi connectivity index (χ1) is 15.1. The molecule has 3 aliphatic carbocycles. The summed E-state index contributed by atoms with van der Waals surface area (Å²) in [6, 6.07) is 3.47. The molecule has 1 aliphatic heterocycles. The van der Waals surface area contributed by atoms with E-state index in [0.717, 1.165) is 45.1 Å². The molecule has 0 aromatic carbocycles. The summed E-state index contributed by atoms with van der Waals surface area (Å²) in [6.45, 7) is 16.2. The molecule has 176 valence electrons. The second-order valence-electron chi connectivity index (χ2n) is 11.4. The minimum Gasteiger partial charge on any atom is -0.459 e. The summed E-state index contributed by atoms with van der Waals surface area (Å²) in [6.07, 6.45) is 6.38. The predicted octanol–water partition coefficient (Wildman–Crippen LogP) is 3.90. The van der Waals surface area contributed by atoms with Crippen molar-refractivity contribution >= 4 is 11.8 Å². The standard InChI is InChI=1S/C26H39N3O3/c1-25(2,3)24(31)29(18-19-8-9-20-17-21(19)26(20,4)5)15-12-27-10-13-28(14-11-27)23(30)22-7-6-16-32-22/h6-8,16,20-21H,9-15,17-18H2,1-5H3. The maximum Gasteiger partial charge on any atom is 0.289 e. The average molecular weight is 442 g/mol. The molecular formula is C26H39N3O3. The first kappa shape index (κ1) is 23.1. The van der Waals surface area contributed by atoms with Crippen molar-refractivity contribution in [2.75, 3.05) is 45.8 Å². The number of carbonyl (C=O) groups excluding carboxylic acids is 2. The number of hydrogen-bond donors (Lipinski definition) is 0. The van der Waals surface area contributed by atoms with Crippen molar-refractivity contribution in [2.24, 2.45) is 22.7 Å². The molecule has 4 aliphatic rings. The molecule has 2 heterocycles. The molecule has 6 nitrogen and oxygen atoms in total. The highest BCUT2D eigenvalue weighted by Crippen LogP contribution is 2.59. The maximum atomic E-state index is 13.3. The van der Waals surface area contributed by atoms with Crippen LogP contribution < -0.4 is 0 Å². The lowest BCUT2D eigenvalue weighted by molar-refractivity contribution is -0.139. The van der Waals surface area contributed by atoms with E-state index in [-0.39, 0.29) is 17.2 Å². The molecule has 32 heavy (non-hydrogen) atoms. The molecule has 1 saturated heterocycles. The van der Waals surface area contributed by atoms with Crippen LogP contribution in [0.2, 0.25) is 0 Å². The van der Waals surface area contributed by atoms with E-state index < -0.39 is 0 Å². The van der Waals surface area contributed by atoms with Crippen LogP contribution in [0.1, 0.15) is 58.0 Å². The van der Waals surface area contributed by atoms with E-state index in [0.29, 0.717) is 30.2 Å². The molecule has 2 unspecified atom stereocenters. The Labute approximate surface area is 192 Å². The molecule has 2 atom stereocenters. The second kappa shape index (κ2) is 8.69. The van der Waals surface area contributed by atoms with E-state index in [2.05, 4.69) is 29.7 Å². The van der Waals surface area contributed by atoms with Crippen LogP contribution in [0, 0.1) is 22.7 Å². The number of allylic oxidation sites excluding steroid dienone is 1. The molecule has 0 spiro atoms. The van der Waals surface area contributed by atoms with Crippen LogP contribution in [-0.2, 0) is 4.79 Å². The normalized spacial score (nSPS) is 25.2. The molecular weight excluding hydrogens is 402 g/mol. The van der Waals surface area contributed by atoms with E-state index >= 15 is 0 Å². The lowest BCUT2D eigenvalue weighted by Gasteiger charge is -2.57. The lowest BCUT2D eigenvalue weighted by Crippen LogP contribution is -2.53. The number of nitrogens with zero attached hydrogens (tertiary/aromatic N) is 3. The Morgan fingerprint density at radius 1 is 1.19 bits per heavy atom. The molecule has 5 rings (SSSR count). The average Bonchev–Trinajstić information content (AvgIpc) is 3.30. The Kier molecular flexibility index (Phi) is 6.27. The van der Waals surface area contributed by atoms with Crippen molar-refractivity contribution < 1.29 is 14.0 Å². The summed E-state index contributed by atoms with van der Waals surface area (Å²) in [5.74, 6) is 2.02. The van der Waals surface area contributed by atoms with Crippen molar-refractivity contribution in [2.45, 2.75) is 47.5 Å². The smallest absolute Gasteiger partial charge is 0.289 e. The molecule has 1 aromatic rings. The quantitative estimate of drug-likeness (QED) is 0.628. The first-order valence-corrected chi connectivity index (χ1v) is 12.1. The maximum absolute atomic E-state index is 13.3. The third kappa shape index (κ3) is 4.52. The number of rotatable bonds is 6. The zero-order chi connectivity index (χ0) is 23.1. The van der Waals surface area contributed by atoms with Gasteiger partial charge in [-0.1, -0.05) is 46.3 Å². The van der Waals surface area contributed by atoms with Crippen LogP contribution in [0.15, 0.2) is 34.5 Å². The van der Waals surface area contributed by atoms with Crippen LogP contribution in [0.3, 0.4) is 0 Å². The lowest BCUT2D eigenvalue weighted by atomic mass is 9.49. The highest BCUT2D eigenvalue weighted by molar-refractivity contribution is 5.91.